The molecule has 0 aromatic carbocycles. The van der Waals surface area contributed by atoms with Crippen LogP contribution < -0.4 is 0 Å². The number of aryl methyl sites for hydroxylation is 2. The van der Waals surface area contributed by atoms with E-state index in [4.69, 9.17) is 0 Å². The van der Waals surface area contributed by atoms with Gasteiger partial charge in [0.05, 0.1) is 11.4 Å². The van der Waals surface area contributed by atoms with Gasteiger partial charge in [0.1, 0.15) is 0 Å². The summed E-state index contributed by atoms with van der Waals surface area (Å²) in [5, 5.41) is 0. The molecular formula is C7H6F3N. The average molecular weight is 161 g/mol. The van der Waals surface area contributed by atoms with Crippen molar-refractivity contribution in [3.63, 3.8) is 0 Å². The van der Waals surface area contributed by atoms with Crippen LogP contribution >= 0.6 is 0 Å². The fourth-order valence-electron chi connectivity index (χ4n) is 0.764. The standard InChI is InChI=1S/C7H6F3N/c1-3-5(8)7(10)6(9)4(2)11-3/h1-2H3. The van der Waals surface area contributed by atoms with Gasteiger partial charge in [0.15, 0.2) is 17.5 Å². The molecule has 1 rings (SSSR count). The number of hydrogen-bond acceptors (Lipinski definition) is 1. The molecule has 0 spiro atoms. The zero-order chi connectivity index (χ0) is 8.59. The number of nitrogens with zero attached hydrogens (tertiary/aromatic N) is 1. The van der Waals surface area contributed by atoms with Crippen LogP contribution in [0.15, 0.2) is 0 Å². The molecule has 0 amide bonds. The predicted octanol–water partition coefficient (Wildman–Crippen LogP) is 2.12. The number of hydrogen-bond donors (Lipinski definition) is 0. The molecule has 0 atom stereocenters. The second-order valence-electron chi connectivity index (χ2n) is 2.22. The van der Waals surface area contributed by atoms with Crippen molar-refractivity contribution in [3.05, 3.63) is 28.8 Å². The minimum atomic E-state index is -1.45. The van der Waals surface area contributed by atoms with E-state index in [2.05, 4.69) is 4.98 Å². The lowest BCUT2D eigenvalue weighted by molar-refractivity contribution is 0.431. The van der Waals surface area contributed by atoms with Gasteiger partial charge in [-0.2, -0.15) is 0 Å². The van der Waals surface area contributed by atoms with Crippen LogP contribution in [0.2, 0.25) is 0 Å². The van der Waals surface area contributed by atoms with Crippen LogP contribution in [0.5, 0.6) is 0 Å². The van der Waals surface area contributed by atoms with Gasteiger partial charge in [0.25, 0.3) is 0 Å². The molecule has 1 heterocycles. The van der Waals surface area contributed by atoms with Crippen molar-refractivity contribution in [3.8, 4) is 0 Å². The van der Waals surface area contributed by atoms with E-state index in [0.29, 0.717) is 0 Å². The van der Waals surface area contributed by atoms with E-state index in [9.17, 15) is 13.2 Å². The highest BCUT2D eigenvalue weighted by Crippen LogP contribution is 2.14. The first-order valence-corrected chi connectivity index (χ1v) is 3.01. The Labute approximate surface area is 61.9 Å². The second-order valence-corrected chi connectivity index (χ2v) is 2.22. The van der Waals surface area contributed by atoms with Gasteiger partial charge in [-0.25, -0.2) is 13.2 Å². The highest BCUT2D eigenvalue weighted by Gasteiger charge is 2.14. The maximum atomic E-state index is 12.5. The Hall–Kier alpha value is -1.06. The van der Waals surface area contributed by atoms with Crippen LogP contribution in [-0.4, -0.2) is 4.98 Å². The third-order valence-corrected chi connectivity index (χ3v) is 1.36. The van der Waals surface area contributed by atoms with Gasteiger partial charge in [-0.15, -0.1) is 0 Å². The normalized spacial score (nSPS) is 10.3. The summed E-state index contributed by atoms with van der Waals surface area (Å²) in [7, 11) is 0. The van der Waals surface area contributed by atoms with Gasteiger partial charge in [-0.05, 0) is 13.8 Å². The molecule has 60 valence electrons. The average Bonchev–Trinajstić information content (AvgIpc) is 1.97. The van der Waals surface area contributed by atoms with Crippen molar-refractivity contribution in [1.82, 2.24) is 4.98 Å². The van der Waals surface area contributed by atoms with Gasteiger partial charge < -0.3 is 0 Å². The van der Waals surface area contributed by atoms with Crippen LogP contribution in [0.1, 0.15) is 11.4 Å². The summed E-state index contributed by atoms with van der Waals surface area (Å²) < 4.78 is 37.5. The molecule has 1 aromatic rings. The molecule has 1 nitrogen and oxygen atoms in total. The Balaban J connectivity index is 3.46. The second kappa shape index (κ2) is 2.53. The van der Waals surface area contributed by atoms with Crippen molar-refractivity contribution in [2.75, 3.05) is 0 Å². The van der Waals surface area contributed by atoms with Gasteiger partial charge in [0, 0.05) is 0 Å². The van der Waals surface area contributed by atoms with Gasteiger partial charge in [0.2, 0.25) is 0 Å². The Morgan fingerprint density at radius 2 is 1.18 bits per heavy atom. The molecule has 0 unspecified atom stereocenters. The lowest BCUT2D eigenvalue weighted by Gasteiger charge is -2.00. The Morgan fingerprint density at radius 3 is 1.55 bits per heavy atom. The Morgan fingerprint density at radius 1 is 0.818 bits per heavy atom. The van der Waals surface area contributed by atoms with E-state index in [0.717, 1.165) is 0 Å². The summed E-state index contributed by atoms with van der Waals surface area (Å²) in [6, 6.07) is 0. The number of halogens is 3. The van der Waals surface area contributed by atoms with E-state index in [1.165, 1.54) is 13.8 Å². The largest absolute Gasteiger partial charge is 0.252 e. The molecule has 1 aromatic heterocycles. The topological polar surface area (TPSA) is 12.9 Å². The summed E-state index contributed by atoms with van der Waals surface area (Å²) in [6.45, 7) is 2.57. The van der Waals surface area contributed by atoms with Crippen molar-refractivity contribution >= 4 is 0 Å². The Kier molecular flexibility index (Phi) is 1.85. The molecule has 0 radical (unpaired) electrons. The predicted molar refractivity (Wildman–Crippen MR) is 33.6 cm³/mol. The first-order valence-electron chi connectivity index (χ1n) is 3.01. The van der Waals surface area contributed by atoms with Crippen molar-refractivity contribution in [2.45, 2.75) is 13.8 Å². The van der Waals surface area contributed by atoms with E-state index < -0.39 is 17.5 Å². The summed E-state index contributed by atoms with van der Waals surface area (Å²) in [5.41, 5.74) is -0.247. The minimum Gasteiger partial charge on any atom is -0.252 e. The molecular weight excluding hydrogens is 155 g/mol. The molecule has 0 N–H and O–H groups in total. The van der Waals surface area contributed by atoms with E-state index in [1.54, 1.807) is 0 Å². The molecule has 0 saturated carbocycles. The number of rotatable bonds is 0. The summed E-state index contributed by atoms with van der Waals surface area (Å²) >= 11 is 0. The highest BCUT2D eigenvalue weighted by atomic mass is 19.2. The zero-order valence-corrected chi connectivity index (χ0v) is 6.08. The van der Waals surface area contributed by atoms with Crippen molar-refractivity contribution in [2.24, 2.45) is 0 Å². The lowest BCUT2D eigenvalue weighted by atomic mass is 10.3. The summed E-state index contributed by atoms with van der Waals surface area (Å²) in [5.74, 6) is -3.88. The maximum Gasteiger partial charge on any atom is 0.198 e. The fourth-order valence-corrected chi connectivity index (χ4v) is 0.764. The molecule has 11 heavy (non-hydrogen) atoms. The van der Waals surface area contributed by atoms with Gasteiger partial charge >= 0.3 is 0 Å². The van der Waals surface area contributed by atoms with Crippen LogP contribution in [0.25, 0.3) is 0 Å². The SMILES string of the molecule is Cc1nc(C)c(F)c(F)c1F. The maximum absolute atomic E-state index is 12.5. The molecule has 4 heteroatoms. The molecule has 0 bridgehead atoms. The minimum absolute atomic E-state index is 0.124. The van der Waals surface area contributed by atoms with E-state index in [1.807, 2.05) is 0 Å². The summed E-state index contributed by atoms with van der Waals surface area (Å²) in [6.07, 6.45) is 0. The molecule has 0 aliphatic carbocycles. The first-order chi connectivity index (χ1) is 5.04. The summed E-state index contributed by atoms with van der Waals surface area (Å²) in [4.78, 5) is 3.44. The lowest BCUT2D eigenvalue weighted by Crippen LogP contribution is -2.01. The molecule has 0 fully saturated rings. The monoisotopic (exact) mass is 161 g/mol. The molecule has 0 saturated heterocycles. The van der Waals surface area contributed by atoms with Gasteiger partial charge in [-0.3, -0.25) is 4.98 Å². The van der Waals surface area contributed by atoms with Crippen LogP contribution in [-0.2, 0) is 0 Å². The van der Waals surface area contributed by atoms with Crippen LogP contribution in [0.4, 0.5) is 13.2 Å². The molecule has 0 aliphatic rings. The van der Waals surface area contributed by atoms with Crippen LogP contribution in [0, 0.1) is 31.3 Å². The third kappa shape index (κ3) is 1.20. The molecule has 0 aliphatic heterocycles. The van der Waals surface area contributed by atoms with Crippen molar-refractivity contribution in [1.29, 1.82) is 0 Å². The van der Waals surface area contributed by atoms with Gasteiger partial charge in [-0.1, -0.05) is 0 Å². The van der Waals surface area contributed by atoms with E-state index >= 15 is 0 Å². The fraction of sp³-hybridized carbons (Fsp3) is 0.286. The third-order valence-electron chi connectivity index (χ3n) is 1.36. The zero-order valence-electron chi connectivity index (χ0n) is 6.08. The van der Waals surface area contributed by atoms with Crippen molar-refractivity contribution < 1.29 is 13.2 Å². The first kappa shape index (κ1) is 8.04. The Bertz CT molecular complexity index is 270. The quantitative estimate of drug-likeness (QED) is 0.567. The van der Waals surface area contributed by atoms with E-state index in [-0.39, 0.29) is 11.4 Å². The smallest absolute Gasteiger partial charge is 0.198 e. The number of pyridine rings is 1. The van der Waals surface area contributed by atoms with Crippen LogP contribution in [0.3, 0.4) is 0 Å². The highest BCUT2D eigenvalue weighted by molar-refractivity contribution is 5.15. The number of aromatic nitrogens is 1.